The van der Waals surface area contributed by atoms with Gasteiger partial charge >= 0.3 is 5.97 Å². The van der Waals surface area contributed by atoms with Gasteiger partial charge < -0.3 is 9.47 Å². The van der Waals surface area contributed by atoms with E-state index in [4.69, 9.17) is 9.47 Å². The molecule has 0 aromatic heterocycles. The lowest BCUT2D eigenvalue weighted by Crippen LogP contribution is -2.21. The Bertz CT molecular complexity index is 1040. The molecular formula is C28H37NO6. The van der Waals surface area contributed by atoms with Gasteiger partial charge in [-0.15, -0.1) is 0 Å². The van der Waals surface area contributed by atoms with Crippen LogP contribution in [-0.2, 0) is 20.4 Å². The predicted octanol–water partition coefficient (Wildman–Crippen LogP) is 6.56. The van der Waals surface area contributed by atoms with E-state index in [1.807, 2.05) is 6.07 Å². The summed E-state index contributed by atoms with van der Waals surface area (Å²) in [5.41, 5.74) is 2.62. The number of hydrogen-bond acceptors (Lipinski definition) is 6. The van der Waals surface area contributed by atoms with Crippen molar-refractivity contribution in [1.82, 2.24) is 0 Å². The van der Waals surface area contributed by atoms with Crippen molar-refractivity contribution in [2.45, 2.75) is 78.1 Å². The maximum absolute atomic E-state index is 12.2. The van der Waals surface area contributed by atoms with E-state index in [2.05, 4.69) is 53.7 Å². The predicted molar refractivity (Wildman–Crippen MR) is 136 cm³/mol. The third-order valence-electron chi connectivity index (χ3n) is 6.81. The Morgan fingerprint density at radius 2 is 1.57 bits per heavy atom. The molecule has 0 radical (unpaired) electrons. The van der Waals surface area contributed by atoms with Crippen LogP contribution in [0.15, 0.2) is 42.5 Å². The highest BCUT2D eigenvalue weighted by Crippen LogP contribution is 2.38. The van der Waals surface area contributed by atoms with Gasteiger partial charge in [0.05, 0.1) is 11.5 Å². The van der Waals surface area contributed by atoms with Crippen LogP contribution in [-0.4, -0.2) is 29.9 Å². The molecule has 0 N–H and O–H groups in total. The summed E-state index contributed by atoms with van der Waals surface area (Å²) in [6.07, 6.45) is 2.59. The molecule has 0 aliphatic heterocycles. The average molecular weight is 484 g/mol. The van der Waals surface area contributed by atoms with Crippen molar-refractivity contribution in [2.75, 3.05) is 13.2 Å². The molecule has 0 amide bonds. The fourth-order valence-corrected chi connectivity index (χ4v) is 3.47. The van der Waals surface area contributed by atoms with Crippen LogP contribution in [0.3, 0.4) is 0 Å². The third kappa shape index (κ3) is 7.64. The molecule has 7 nitrogen and oxygen atoms in total. The Labute approximate surface area is 208 Å². The lowest BCUT2D eigenvalue weighted by Gasteiger charge is -2.30. The molecular weight excluding hydrogens is 446 g/mol. The quantitative estimate of drug-likeness (QED) is 0.105. The van der Waals surface area contributed by atoms with Gasteiger partial charge in [-0.05, 0) is 53.9 Å². The minimum Gasteiger partial charge on any atom is -0.493 e. The molecule has 0 saturated carbocycles. The molecule has 0 atom stereocenters. The number of nitrogens with zero attached hydrogens (tertiary/aromatic N) is 1. The summed E-state index contributed by atoms with van der Waals surface area (Å²) in [5, 5.41) is 10.7. The largest absolute Gasteiger partial charge is 0.493 e. The fourth-order valence-electron chi connectivity index (χ4n) is 3.47. The molecule has 0 spiro atoms. The zero-order valence-electron chi connectivity index (χ0n) is 21.7. The van der Waals surface area contributed by atoms with Gasteiger partial charge in [0.2, 0.25) is 0 Å². The van der Waals surface area contributed by atoms with Gasteiger partial charge in [-0.25, -0.2) is 0 Å². The maximum atomic E-state index is 12.2. The highest BCUT2D eigenvalue weighted by molar-refractivity contribution is 5.98. The van der Waals surface area contributed by atoms with Gasteiger partial charge in [-0.2, -0.15) is 0 Å². The number of ketones is 1. The van der Waals surface area contributed by atoms with Crippen molar-refractivity contribution < 1.29 is 24.0 Å². The van der Waals surface area contributed by atoms with E-state index in [0.717, 1.165) is 24.2 Å². The molecule has 0 fully saturated rings. The van der Waals surface area contributed by atoms with Gasteiger partial charge in [-0.3, -0.25) is 19.7 Å². The second kappa shape index (κ2) is 12.0. The van der Waals surface area contributed by atoms with Crippen LogP contribution < -0.4 is 4.74 Å². The first-order valence-corrected chi connectivity index (χ1v) is 12.1. The Morgan fingerprint density at radius 1 is 0.943 bits per heavy atom. The molecule has 0 aliphatic rings. The number of esters is 1. The molecule has 2 aromatic carbocycles. The molecule has 0 aliphatic carbocycles. The van der Waals surface area contributed by atoms with Crippen LogP contribution >= 0.6 is 0 Å². The van der Waals surface area contributed by atoms with E-state index in [1.165, 1.54) is 29.8 Å². The summed E-state index contributed by atoms with van der Waals surface area (Å²) in [5.74, 6) is -0.0711. The van der Waals surface area contributed by atoms with Crippen LogP contribution in [0.2, 0.25) is 0 Å². The topological polar surface area (TPSA) is 95.7 Å². The number of ether oxygens (including phenoxy) is 2. The van der Waals surface area contributed by atoms with E-state index in [0.29, 0.717) is 13.0 Å². The average Bonchev–Trinajstić information content (AvgIpc) is 2.85. The number of rotatable bonds is 13. The van der Waals surface area contributed by atoms with Crippen molar-refractivity contribution in [3.05, 3.63) is 69.3 Å². The van der Waals surface area contributed by atoms with Crippen molar-refractivity contribution in [3.8, 4) is 5.75 Å². The molecule has 0 heterocycles. The molecule has 2 rings (SSSR count). The van der Waals surface area contributed by atoms with E-state index < -0.39 is 23.3 Å². The van der Waals surface area contributed by atoms with Gasteiger partial charge in [0.25, 0.3) is 5.69 Å². The van der Waals surface area contributed by atoms with Gasteiger partial charge in [-0.1, -0.05) is 53.7 Å². The second-order valence-corrected chi connectivity index (χ2v) is 10.0. The number of hydrogen-bond donors (Lipinski definition) is 0. The second-order valence-electron chi connectivity index (χ2n) is 10.0. The number of Topliss-reactive ketones (excluding diaryl/α,β-unsaturated/α-hetero) is 1. The number of carbonyl (C=O) groups is 2. The molecule has 0 unspecified atom stereocenters. The zero-order chi connectivity index (χ0) is 26.2. The lowest BCUT2D eigenvalue weighted by molar-refractivity contribution is -0.384. The summed E-state index contributed by atoms with van der Waals surface area (Å²) in [4.78, 5) is 34.4. The first-order chi connectivity index (χ1) is 16.4. The highest BCUT2D eigenvalue weighted by Gasteiger charge is 2.26. The van der Waals surface area contributed by atoms with E-state index in [-0.39, 0.29) is 28.5 Å². The summed E-state index contributed by atoms with van der Waals surface area (Å²) >= 11 is 0. The summed E-state index contributed by atoms with van der Waals surface area (Å²) < 4.78 is 11.1. The monoisotopic (exact) mass is 483 g/mol. The van der Waals surface area contributed by atoms with Crippen LogP contribution in [0.4, 0.5) is 5.69 Å². The van der Waals surface area contributed by atoms with Crippen LogP contribution in [0.5, 0.6) is 5.75 Å². The van der Waals surface area contributed by atoms with E-state index in [1.54, 1.807) is 0 Å². The van der Waals surface area contributed by atoms with E-state index in [9.17, 15) is 19.7 Å². The minimum atomic E-state index is -0.539. The first kappa shape index (κ1) is 28.0. The number of carbonyl (C=O) groups excluding carboxylic acids is 2. The molecule has 0 saturated heterocycles. The number of nitro groups is 1. The Kier molecular flexibility index (Phi) is 9.57. The van der Waals surface area contributed by atoms with E-state index >= 15 is 0 Å². The van der Waals surface area contributed by atoms with Crippen molar-refractivity contribution in [1.29, 1.82) is 0 Å². The number of non-ortho nitro benzene ring substituents is 1. The van der Waals surface area contributed by atoms with Crippen LogP contribution in [0.25, 0.3) is 0 Å². The Morgan fingerprint density at radius 3 is 2.14 bits per heavy atom. The van der Waals surface area contributed by atoms with Gasteiger partial charge in [0.1, 0.15) is 5.75 Å². The normalized spacial score (nSPS) is 11.7. The number of nitro benzene ring substituents is 1. The SMILES string of the molecule is CCC(C)(C)c1ccc(OCCCC(=O)OCC(=O)c2ccc([N+](=O)[O-])cc2)c(C(C)(C)CC)c1. The van der Waals surface area contributed by atoms with Crippen molar-refractivity contribution in [3.63, 3.8) is 0 Å². The van der Waals surface area contributed by atoms with Crippen molar-refractivity contribution >= 4 is 17.4 Å². The smallest absolute Gasteiger partial charge is 0.306 e. The molecule has 7 heteroatoms. The fraction of sp³-hybridized carbons (Fsp3) is 0.500. The minimum absolute atomic E-state index is 0.0493. The highest BCUT2D eigenvalue weighted by atomic mass is 16.6. The maximum Gasteiger partial charge on any atom is 0.306 e. The molecule has 2 aromatic rings. The first-order valence-electron chi connectivity index (χ1n) is 12.1. The zero-order valence-corrected chi connectivity index (χ0v) is 21.7. The third-order valence-corrected chi connectivity index (χ3v) is 6.81. The lowest BCUT2D eigenvalue weighted by atomic mass is 9.76. The molecule has 0 bridgehead atoms. The molecule has 190 valence electrons. The Hall–Kier alpha value is -3.22. The summed E-state index contributed by atoms with van der Waals surface area (Å²) in [6.45, 7) is 13.2. The van der Waals surface area contributed by atoms with Crippen LogP contribution in [0.1, 0.15) is 88.7 Å². The Balaban J connectivity index is 1.89. The summed E-state index contributed by atoms with van der Waals surface area (Å²) in [7, 11) is 0. The van der Waals surface area contributed by atoms with Gasteiger partial charge in [0, 0.05) is 29.7 Å². The summed E-state index contributed by atoms with van der Waals surface area (Å²) in [6, 6.07) is 11.6. The standard InChI is InChI=1S/C28H37NO6/c1-7-27(3,4)21-13-16-25(23(18-21)28(5,6)8-2)34-17-9-10-26(31)35-19-24(30)20-11-14-22(15-12-20)29(32)33/h11-16,18H,7-10,17,19H2,1-6H3. The van der Waals surface area contributed by atoms with Gasteiger partial charge in [0.15, 0.2) is 12.4 Å². The number of benzene rings is 2. The van der Waals surface area contributed by atoms with Crippen molar-refractivity contribution in [2.24, 2.45) is 0 Å². The molecule has 35 heavy (non-hydrogen) atoms. The van der Waals surface area contributed by atoms with Crippen LogP contribution in [0, 0.1) is 10.1 Å².